The van der Waals surface area contributed by atoms with Crippen molar-refractivity contribution in [1.29, 1.82) is 0 Å². The topological polar surface area (TPSA) is 80.2 Å². The van der Waals surface area contributed by atoms with Gasteiger partial charge in [0.15, 0.2) is 5.54 Å². The zero-order chi connectivity index (χ0) is 23.8. The number of nitrogens with one attached hydrogen (secondary N) is 1. The molecule has 0 unspecified atom stereocenters. The van der Waals surface area contributed by atoms with E-state index in [1.54, 1.807) is 0 Å². The first-order valence-electron chi connectivity index (χ1n) is 11.2. The molecule has 0 fully saturated rings. The molecule has 0 aliphatic carbocycles. The van der Waals surface area contributed by atoms with Gasteiger partial charge in [-0.2, -0.15) is 0 Å². The number of carbonyl (C=O) groups is 1. The molecule has 7 heteroatoms. The molecule has 0 saturated heterocycles. The van der Waals surface area contributed by atoms with Crippen LogP contribution in [0.5, 0.6) is 5.75 Å². The van der Waals surface area contributed by atoms with Gasteiger partial charge in [-0.15, -0.1) is 0 Å². The van der Waals surface area contributed by atoms with E-state index in [0.29, 0.717) is 37.6 Å². The lowest BCUT2D eigenvalue weighted by atomic mass is 9.91. The van der Waals surface area contributed by atoms with Crippen LogP contribution in [0.2, 0.25) is 0 Å². The average Bonchev–Trinajstić information content (AvgIpc) is 3.30. The molecular formula is C27H27BrN2O4. The Morgan fingerprint density at radius 3 is 2.53 bits per heavy atom. The number of amides is 1. The SMILES string of the molecule is O=C(NCc1ccccc1)[C@@]1(Cc2ccccc2Br)COC(c2ccc(OCCCO)cc2)=N1. The highest BCUT2D eigenvalue weighted by molar-refractivity contribution is 9.10. The standard InChI is InChI=1S/C27H27BrN2O4/c28-24-10-5-4-9-22(24)17-27(26(32)29-18-20-7-2-1-3-8-20)19-34-25(30-27)21-11-13-23(14-12-21)33-16-6-15-31/h1-5,7-14,31H,6,15-19H2,(H,29,32)/t27-/m1/s1. The lowest BCUT2D eigenvalue weighted by molar-refractivity contribution is -0.126. The van der Waals surface area contributed by atoms with E-state index in [2.05, 4.69) is 21.2 Å². The van der Waals surface area contributed by atoms with Crippen LogP contribution in [-0.2, 0) is 22.5 Å². The van der Waals surface area contributed by atoms with Crippen molar-refractivity contribution in [2.45, 2.75) is 24.9 Å². The number of aliphatic hydroxyl groups is 1. The number of ether oxygens (including phenoxy) is 2. The van der Waals surface area contributed by atoms with Crippen LogP contribution < -0.4 is 10.1 Å². The first-order chi connectivity index (χ1) is 16.6. The van der Waals surface area contributed by atoms with Crippen LogP contribution in [0, 0.1) is 0 Å². The minimum absolute atomic E-state index is 0.0919. The highest BCUT2D eigenvalue weighted by Crippen LogP contribution is 2.30. The summed E-state index contributed by atoms with van der Waals surface area (Å²) in [5.74, 6) is 0.964. The number of carbonyl (C=O) groups excluding carboxylic acids is 1. The second-order valence-corrected chi connectivity index (χ2v) is 8.98. The Bertz CT molecular complexity index is 1130. The molecule has 1 amide bonds. The third-order valence-electron chi connectivity index (χ3n) is 5.59. The predicted molar refractivity (Wildman–Crippen MR) is 135 cm³/mol. The van der Waals surface area contributed by atoms with Crippen molar-refractivity contribution in [3.63, 3.8) is 0 Å². The lowest BCUT2D eigenvalue weighted by Crippen LogP contribution is -2.48. The fourth-order valence-corrected chi connectivity index (χ4v) is 4.15. The monoisotopic (exact) mass is 522 g/mol. The van der Waals surface area contributed by atoms with E-state index in [9.17, 15) is 4.79 Å². The maximum absolute atomic E-state index is 13.5. The maximum atomic E-state index is 13.5. The number of benzene rings is 3. The second-order valence-electron chi connectivity index (χ2n) is 8.12. The van der Waals surface area contributed by atoms with Gasteiger partial charge in [-0.3, -0.25) is 4.79 Å². The summed E-state index contributed by atoms with van der Waals surface area (Å²) in [4.78, 5) is 18.3. The molecule has 0 aromatic heterocycles. The Morgan fingerprint density at radius 1 is 1.06 bits per heavy atom. The summed E-state index contributed by atoms with van der Waals surface area (Å²) >= 11 is 3.60. The molecular weight excluding hydrogens is 496 g/mol. The predicted octanol–water partition coefficient (Wildman–Crippen LogP) is 4.29. The van der Waals surface area contributed by atoms with Crippen molar-refractivity contribution in [2.75, 3.05) is 19.8 Å². The van der Waals surface area contributed by atoms with Gasteiger partial charge in [0.05, 0.1) is 6.61 Å². The molecule has 3 aromatic rings. The van der Waals surface area contributed by atoms with Crippen LogP contribution in [-0.4, -0.2) is 42.3 Å². The van der Waals surface area contributed by atoms with Crippen LogP contribution in [0.25, 0.3) is 0 Å². The van der Waals surface area contributed by atoms with E-state index < -0.39 is 5.54 Å². The molecule has 0 saturated carbocycles. The van der Waals surface area contributed by atoms with Crippen molar-refractivity contribution < 1.29 is 19.4 Å². The van der Waals surface area contributed by atoms with Crippen LogP contribution in [0.4, 0.5) is 0 Å². The Kier molecular flexibility index (Phi) is 7.98. The molecule has 1 aliphatic rings. The Balaban J connectivity index is 1.56. The summed E-state index contributed by atoms with van der Waals surface area (Å²) in [5.41, 5.74) is 1.70. The summed E-state index contributed by atoms with van der Waals surface area (Å²) in [5, 5.41) is 12.0. The van der Waals surface area contributed by atoms with Gasteiger partial charge >= 0.3 is 0 Å². The van der Waals surface area contributed by atoms with Gasteiger partial charge in [-0.1, -0.05) is 64.5 Å². The van der Waals surface area contributed by atoms with Crippen molar-refractivity contribution >= 4 is 27.7 Å². The van der Waals surface area contributed by atoms with Crippen molar-refractivity contribution in [1.82, 2.24) is 5.32 Å². The molecule has 0 bridgehead atoms. The molecule has 34 heavy (non-hydrogen) atoms. The summed E-state index contributed by atoms with van der Waals surface area (Å²) in [6, 6.07) is 25.0. The van der Waals surface area contributed by atoms with Crippen LogP contribution in [0.1, 0.15) is 23.1 Å². The Labute approximate surface area is 207 Å². The lowest BCUT2D eigenvalue weighted by Gasteiger charge is -2.24. The van der Waals surface area contributed by atoms with E-state index in [-0.39, 0.29) is 19.1 Å². The molecule has 1 atom stereocenters. The average molecular weight is 523 g/mol. The second kappa shape index (κ2) is 11.3. The normalized spacial score (nSPS) is 17.1. The first kappa shape index (κ1) is 24.0. The molecule has 2 N–H and O–H groups in total. The zero-order valence-corrected chi connectivity index (χ0v) is 20.3. The molecule has 6 nitrogen and oxygen atoms in total. The molecule has 3 aromatic carbocycles. The van der Waals surface area contributed by atoms with Gasteiger partial charge < -0.3 is 19.9 Å². The van der Waals surface area contributed by atoms with Crippen LogP contribution in [0.15, 0.2) is 88.3 Å². The number of halogens is 1. The molecule has 0 radical (unpaired) electrons. The third kappa shape index (κ3) is 5.85. The van der Waals surface area contributed by atoms with Crippen molar-refractivity contribution in [3.8, 4) is 5.75 Å². The number of aliphatic hydroxyl groups excluding tert-OH is 1. The molecule has 1 heterocycles. The Morgan fingerprint density at radius 2 is 1.79 bits per heavy atom. The summed E-state index contributed by atoms with van der Waals surface area (Å²) in [6.07, 6.45) is 0.980. The first-order valence-corrected chi connectivity index (χ1v) is 12.0. The quantitative estimate of drug-likeness (QED) is 0.389. The van der Waals surface area contributed by atoms with E-state index in [1.165, 1.54) is 0 Å². The molecule has 0 spiro atoms. The fraction of sp³-hybridized carbons (Fsp3) is 0.259. The van der Waals surface area contributed by atoms with Gasteiger partial charge in [0.25, 0.3) is 5.91 Å². The van der Waals surface area contributed by atoms with Gasteiger partial charge in [0.2, 0.25) is 5.90 Å². The number of hydrogen-bond acceptors (Lipinski definition) is 5. The molecule has 1 aliphatic heterocycles. The van der Waals surface area contributed by atoms with Gasteiger partial charge in [0.1, 0.15) is 12.4 Å². The number of rotatable bonds is 10. The summed E-state index contributed by atoms with van der Waals surface area (Å²) in [6.45, 7) is 1.11. The van der Waals surface area contributed by atoms with Crippen molar-refractivity contribution in [2.24, 2.45) is 4.99 Å². The van der Waals surface area contributed by atoms with E-state index in [4.69, 9.17) is 19.6 Å². The summed E-state index contributed by atoms with van der Waals surface area (Å²) < 4.78 is 12.5. The van der Waals surface area contributed by atoms with Crippen molar-refractivity contribution in [3.05, 3.63) is 100 Å². The summed E-state index contributed by atoms with van der Waals surface area (Å²) in [7, 11) is 0. The number of nitrogens with zero attached hydrogens (tertiary/aromatic N) is 1. The fourth-order valence-electron chi connectivity index (χ4n) is 3.73. The zero-order valence-electron chi connectivity index (χ0n) is 18.7. The molecule has 176 valence electrons. The highest BCUT2D eigenvalue weighted by Gasteiger charge is 2.44. The van der Waals surface area contributed by atoms with E-state index in [0.717, 1.165) is 21.2 Å². The smallest absolute Gasteiger partial charge is 0.252 e. The molecule has 4 rings (SSSR count). The third-order valence-corrected chi connectivity index (χ3v) is 6.37. The minimum atomic E-state index is -1.08. The van der Waals surface area contributed by atoms with Gasteiger partial charge in [-0.05, 0) is 41.5 Å². The number of hydrogen-bond donors (Lipinski definition) is 2. The van der Waals surface area contributed by atoms with Crippen LogP contribution >= 0.6 is 15.9 Å². The maximum Gasteiger partial charge on any atom is 0.252 e. The van der Waals surface area contributed by atoms with Gasteiger partial charge in [0, 0.05) is 36.0 Å². The van der Waals surface area contributed by atoms with Gasteiger partial charge in [-0.25, -0.2) is 4.99 Å². The minimum Gasteiger partial charge on any atom is -0.494 e. The Hall–Kier alpha value is -3.16. The van der Waals surface area contributed by atoms with E-state index in [1.807, 2.05) is 78.9 Å². The van der Waals surface area contributed by atoms with E-state index >= 15 is 0 Å². The van der Waals surface area contributed by atoms with Crippen LogP contribution in [0.3, 0.4) is 0 Å². The number of aliphatic imine (C=N–C) groups is 1. The largest absolute Gasteiger partial charge is 0.494 e. The highest BCUT2D eigenvalue weighted by atomic mass is 79.9.